The van der Waals surface area contributed by atoms with E-state index in [1.165, 1.54) is 30.9 Å². The van der Waals surface area contributed by atoms with E-state index in [1.807, 2.05) is 59.9 Å². The summed E-state index contributed by atoms with van der Waals surface area (Å²) in [6.07, 6.45) is 0. The average Bonchev–Trinajstić information content (AvgIpc) is 3.95. The number of thiophene rings is 1. The molecule has 0 N–H and O–H groups in total. The summed E-state index contributed by atoms with van der Waals surface area (Å²) in [5.41, 5.74) is 9.80. The zero-order valence-corrected chi connectivity index (χ0v) is 31.2. The Morgan fingerprint density at radius 1 is 0.404 bits per heavy atom. The third kappa shape index (κ3) is 5.04. The number of nitrogens with zero attached hydrogens (tertiary/aromatic N) is 4. The van der Waals surface area contributed by atoms with Gasteiger partial charge in [0.15, 0.2) is 17.5 Å². The van der Waals surface area contributed by atoms with Crippen LogP contribution in [0.4, 0.5) is 0 Å². The predicted octanol–water partition coefficient (Wildman–Crippen LogP) is 13.9. The summed E-state index contributed by atoms with van der Waals surface area (Å²) >= 11 is 1.84. The van der Waals surface area contributed by atoms with Gasteiger partial charge in [-0.1, -0.05) is 140 Å². The molecule has 266 valence electrons. The van der Waals surface area contributed by atoms with E-state index >= 15 is 0 Å². The molecule has 0 aliphatic carbocycles. The molecule has 0 amide bonds. The van der Waals surface area contributed by atoms with Crippen molar-refractivity contribution in [1.82, 2.24) is 19.5 Å². The Balaban J connectivity index is 1.11. The van der Waals surface area contributed by atoms with Gasteiger partial charge in [-0.2, -0.15) is 0 Å². The Labute approximate surface area is 330 Å². The van der Waals surface area contributed by atoms with E-state index in [-0.39, 0.29) is 0 Å². The van der Waals surface area contributed by atoms with Crippen molar-refractivity contribution in [1.29, 1.82) is 0 Å². The Bertz CT molecular complexity index is 3510. The van der Waals surface area contributed by atoms with E-state index in [0.717, 1.165) is 66.5 Å². The Hall–Kier alpha value is -7.41. The van der Waals surface area contributed by atoms with E-state index in [2.05, 4.69) is 138 Å². The molecule has 5 nitrogen and oxygen atoms in total. The number of para-hydroxylation sites is 2. The molecule has 0 radical (unpaired) electrons. The standard InChI is InChI=1S/C51H30N4OS/c1-3-13-31(14-4-1)32-23-25-34(26-24-32)50-52-49(33-15-5-2-6-16-33)53-51(54-50)38-27-28-42(47-37-19-8-11-21-44(37)56-48(38)47)55-41-20-10-7-17-35(41)39-29-40-36-18-9-12-22-45(36)57-46(40)30-43(39)55/h1-30H. The van der Waals surface area contributed by atoms with Gasteiger partial charge >= 0.3 is 0 Å². The minimum absolute atomic E-state index is 0.552. The van der Waals surface area contributed by atoms with E-state index in [9.17, 15) is 0 Å². The molecule has 0 saturated heterocycles. The lowest BCUT2D eigenvalue weighted by Crippen LogP contribution is -2.01. The Morgan fingerprint density at radius 3 is 1.79 bits per heavy atom. The molecule has 0 aliphatic heterocycles. The van der Waals surface area contributed by atoms with Gasteiger partial charge in [-0.3, -0.25) is 0 Å². The van der Waals surface area contributed by atoms with Crippen LogP contribution in [0.15, 0.2) is 186 Å². The maximum absolute atomic E-state index is 6.86. The van der Waals surface area contributed by atoms with Gasteiger partial charge in [0, 0.05) is 47.5 Å². The number of fused-ring (bicyclic) bond motifs is 9. The number of hydrogen-bond donors (Lipinski definition) is 0. The fraction of sp³-hybridized carbons (Fsp3) is 0. The van der Waals surface area contributed by atoms with Crippen LogP contribution < -0.4 is 0 Å². The first-order valence-corrected chi connectivity index (χ1v) is 19.8. The van der Waals surface area contributed by atoms with Crippen molar-refractivity contribution in [2.24, 2.45) is 0 Å². The maximum Gasteiger partial charge on any atom is 0.167 e. The van der Waals surface area contributed by atoms with Crippen molar-refractivity contribution in [2.75, 3.05) is 0 Å². The number of benzene rings is 8. The molecule has 0 bridgehead atoms. The highest BCUT2D eigenvalue weighted by atomic mass is 32.1. The highest BCUT2D eigenvalue weighted by Gasteiger charge is 2.23. The molecular weight excluding hydrogens is 717 g/mol. The maximum atomic E-state index is 6.86. The SMILES string of the molecule is c1ccc(-c2ccc(-c3nc(-c4ccccc4)nc(-c4ccc(-n5c6ccccc6c6cc7c(cc65)sc5ccccc57)c5c4oc4ccccc45)n3)cc2)cc1. The molecule has 8 aromatic carbocycles. The molecule has 0 unspecified atom stereocenters. The van der Waals surface area contributed by atoms with Gasteiger partial charge in [0.1, 0.15) is 11.2 Å². The average molecular weight is 747 g/mol. The van der Waals surface area contributed by atoms with Crippen LogP contribution in [0, 0.1) is 0 Å². The first kappa shape index (κ1) is 31.9. The van der Waals surface area contributed by atoms with Crippen molar-refractivity contribution in [3.8, 4) is 51.0 Å². The molecule has 6 heteroatoms. The molecule has 0 aliphatic rings. The van der Waals surface area contributed by atoms with Crippen LogP contribution >= 0.6 is 11.3 Å². The topological polar surface area (TPSA) is 56.7 Å². The second kappa shape index (κ2) is 12.6. The first-order valence-electron chi connectivity index (χ1n) is 19.0. The number of rotatable bonds is 5. The van der Waals surface area contributed by atoms with E-state index in [0.29, 0.717) is 17.5 Å². The summed E-state index contributed by atoms with van der Waals surface area (Å²) in [6.45, 7) is 0. The molecule has 0 atom stereocenters. The quantitative estimate of drug-likeness (QED) is 0.176. The molecule has 12 rings (SSSR count). The zero-order valence-electron chi connectivity index (χ0n) is 30.4. The smallest absolute Gasteiger partial charge is 0.167 e. The number of hydrogen-bond acceptors (Lipinski definition) is 5. The molecule has 57 heavy (non-hydrogen) atoms. The fourth-order valence-electron chi connectivity index (χ4n) is 8.40. The van der Waals surface area contributed by atoms with Crippen LogP contribution in [0.2, 0.25) is 0 Å². The lowest BCUT2D eigenvalue weighted by molar-refractivity contribution is 0.669. The highest BCUT2D eigenvalue weighted by molar-refractivity contribution is 7.25. The van der Waals surface area contributed by atoms with Crippen molar-refractivity contribution in [3.05, 3.63) is 182 Å². The zero-order chi connectivity index (χ0) is 37.5. The van der Waals surface area contributed by atoms with Crippen molar-refractivity contribution in [2.45, 2.75) is 0 Å². The van der Waals surface area contributed by atoms with Gasteiger partial charge in [-0.05, 0) is 53.6 Å². The van der Waals surface area contributed by atoms with Gasteiger partial charge in [0.2, 0.25) is 0 Å². The normalized spacial score (nSPS) is 11.9. The molecular formula is C51H30N4OS. The monoisotopic (exact) mass is 746 g/mol. The van der Waals surface area contributed by atoms with Gasteiger partial charge in [-0.25, -0.2) is 15.0 Å². The number of aromatic nitrogens is 4. The van der Waals surface area contributed by atoms with Gasteiger partial charge in [0.25, 0.3) is 0 Å². The third-order valence-corrected chi connectivity index (χ3v) is 12.2. The summed E-state index contributed by atoms with van der Waals surface area (Å²) in [5.74, 6) is 1.75. The minimum atomic E-state index is 0.552. The second-order valence-electron chi connectivity index (χ2n) is 14.4. The van der Waals surface area contributed by atoms with Crippen molar-refractivity contribution < 1.29 is 4.42 Å². The summed E-state index contributed by atoms with van der Waals surface area (Å²) in [6, 6.07) is 63.7. The summed E-state index contributed by atoms with van der Waals surface area (Å²) in [4.78, 5) is 15.4. The molecule has 4 heterocycles. The van der Waals surface area contributed by atoms with Crippen LogP contribution in [0.1, 0.15) is 0 Å². The molecule has 0 spiro atoms. The minimum Gasteiger partial charge on any atom is -0.455 e. The van der Waals surface area contributed by atoms with Crippen LogP contribution in [0.5, 0.6) is 0 Å². The fourth-order valence-corrected chi connectivity index (χ4v) is 9.53. The van der Waals surface area contributed by atoms with Gasteiger partial charge < -0.3 is 8.98 Å². The molecule has 0 saturated carbocycles. The lowest BCUT2D eigenvalue weighted by atomic mass is 10.0. The van der Waals surface area contributed by atoms with Crippen molar-refractivity contribution in [3.63, 3.8) is 0 Å². The predicted molar refractivity (Wildman–Crippen MR) is 236 cm³/mol. The van der Waals surface area contributed by atoms with E-state index in [4.69, 9.17) is 19.4 Å². The van der Waals surface area contributed by atoms with Crippen molar-refractivity contribution >= 4 is 75.3 Å². The largest absolute Gasteiger partial charge is 0.455 e. The summed E-state index contributed by atoms with van der Waals surface area (Å²) in [5, 5.41) is 7.06. The first-order chi connectivity index (χ1) is 28.2. The highest BCUT2D eigenvalue weighted by Crippen LogP contribution is 2.44. The van der Waals surface area contributed by atoms with E-state index < -0.39 is 0 Å². The number of furan rings is 1. The van der Waals surface area contributed by atoms with Crippen LogP contribution in [0.3, 0.4) is 0 Å². The Morgan fingerprint density at radius 2 is 1.00 bits per heavy atom. The Kier molecular flexibility index (Phi) is 7.03. The summed E-state index contributed by atoms with van der Waals surface area (Å²) < 4.78 is 11.8. The second-order valence-corrected chi connectivity index (χ2v) is 15.5. The molecule has 0 fully saturated rings. The summed E-state index contributed by atoms with van der Waals surface area (Å²) in [7, 11) is 0. The third-order valence-electron chi connectivity index (χ3n) is 11.1. The van der Waals surface area contributed by atoms with Gasteiger partial charge in [-0.15, -0.1) is 11.3 Å². The lowest BCUT2D eigenvalue weighted by Gasteiger charge is -2.13. The van der Waals surface area contributed by atoms with E-state index in [1.54, 1.807) is 0 Å². The van der Waals surface area contributed by atoms with Crippen LogP contribution in [-0.4, -0.2) is 19.5 Å². The van der Waals surface area contributed by atoms with Gasteiger partial charge in [0.05, 0.1) is 27.7 Å². The van der Waals surface area contributed by atoms with Crippen LogP contribution in [0.25, 0.3) is 115 Å². The molecule has 4 aromatic heterocycles. The van der Waals surface area contributed by atoms with Crippen LogP contribution in [-0.2, 0) is 0 Å². The molecule has 12 aromatic rings.